The summed E-state index contributed by atoms with van der Waals surface area (Å²) in [7, 11) is 0. The minimum absolute atomic E-state index is 0.00484. The lowest BCUT2D eigenvalue weighted by molar-refractivity contribution is -0.386. The van der Waals surface area contributed by atoms with Crippen LogP contribution in [0.25, 0.3) is 0 Å². The van der Waals surface area contributed by atoms with E-state index in [9.17, 15) is 14.9 Å². The number of benzene rings is 1. The van der Waals surface area contributed by atoms with Gasteiger partial charge in [0, 0.05) is 12.1 Å². The Hall–Kier alpha value is -2.11. The molecule has 1 aromatic carbocycles. The average Bonchev–Trinajstić information content (AvgIpc) is 2.41. The van der Waals surface area contributed by atoms with E-state index in [0.29, 0.717) is 5.92 Å². The summed E-state index contributed by atoms with van der Waals surface area (Å²) in [5.74, 6) is -0.424. The topological polar surface area (TPSA) is 89.7 Å². The highest BCUT2D eigenvalue weighted by atomic mass is 16.6. The molecule has 0 aromatic heterocycles. The van der Waals surface area contributed by atoms with Crippen LogP contribution in [0.3, 0.4) is 0 Å². The van der Waals surface area contributed by atoms with Crippen molar-refractivity contribution in [3.05, 3.63) is 33.9 Å². The third-order valence-corrected chi connectivity index (χ3v) is 3.66. The second-order valence-corrected chi connectivity index (χ2v) is 5.24. The first-order chi connectivity index (χ1) is 9.47. The van der Waals surface area contributed by atoms with Gasteiger partial charge >= 0.3 is 11.7 Å². The van der Waals surface area contributed by atoms with Gasteiger partial charge in [-0.1, -0.05) is 6.92 Å². The SMILES string of the molecule is CC1CCC(Oc2cc(C(=O)O)ccc2[N+](=O)[O-])CC1. The summed E-state index contributed by atoms with van der Waals surface area (Å²) < 4.78 is 5.68. The van der Waals surface area contributed by atoms with Crippen molar-refractivity contribution >= 4 is 11.7 Å². The van der Waals surface area contributed by atoms with E-state index in [-0.39, 0.29) is 23.1 Å². The van der Waals surface area contributed by atoms with E-state index in [2.05, 4.69) is 6.92 Å². The number of rotatable bonds is 4. The van der Waals surface area contributed by atoms with Gasteiger partial charge in [-0.25, -0.2) is 4.79 Å². The number of nitro benzene ring substituents is 1. The second-order valence-electron chi connectivity index (χ2n) is 5.24. The van der Waals surface area contributed by atoms with Gasteiger partial charge in [0.25, 0.3) is 0 Å². The fraction of sp³-hybridized carbons (Fsp3) is 0.500. The van der Waals surface area contributed by atoms with Crippen molar-refractivity contribution in [2.24, 2.45) is 5.92 Å². The van der Waals surface area contributed by atoms with Gasteiger partial charge in [-0.15, -0.1) is 0 Å². The molecule has 2 rings (SSSR count). The Morgan fingerprint density at radius 2 is 2.00 bits per heavy atom. The fourth-order valence-corrected chi connectivity index (χ4v) is 2.42. The molecule has 0 spiro atoms. The van der Waals surface area contributed by atoms with Crippen molar-refractivity contribution in [1.82, 2.24) is 0 Å². The average molecular weight is 279 g/mol. The van der Waals surface area contributed by atoms with Crippen molar-refractivity contribution in [1.29, 1.82) is 0 Å². The summed E-state index contributed by atoms with van der Waals surface area (Å²) in [6, 6.07) is 3.64. The fourth-order valence-electron chi connectivity index (χ4n) is 2.42. The van der Waals surface area contributed by atoms with E-state index in [4.69, 9.17) is 9.84 Å². The largest absolute Gasteiger partial charge is 0.483 e. The van der Waals surface area contributed by atoms with Crippen molar-refractivity contribution < 1.29 is 19.6 Å². The molecule has 1 saturated carbocycles. The Bertz CT molecular complexity index is 520. The molecule has 0 amide bonds. The van der Waals surface area contributed by atoms with E-state index >= 15 is 0 Å². The summed E-state index contributed by atoms with van der Waals surface area (Å²) in [6.07, 6.45) is 3.66. The maximum absolute atomic E-state index is 11.0. The van der Waals surface area contributed by atoms with Gasteiger partial charge in [0.1, 0.15) is 0 Å². The number of hydrogen-bond donors (Lipinski definition) is 1. The van der Waals surface area contributed by atoms with Crippen LogP contribution in [-0.4, -0.2) is 22.1 Å². The van der Waals surface area contributed by atoms with Gasteiger partial charge in [-0.2, -0.15) is 0 Å². The molecule has 1 fully saturated rings. The predicted octanol–water partition coefficient (Wildman–Crippen LogP) is 3.25. The maximum Gasteiger partial charge on any atom is 0.335 e. The molecule has 0 aliphatic heterocycles. The van der Waals surface area contributed by atoms with Crippen molar-refractivity contribution in [2.45, 2.75) is 38.7 Å². The molecule has 6 nitrogen and oxygen atoms in total. The molecule has 1 aliphatic carbocycles. The highest BCUT2D eigenvalue weighted by molar-refractivity contribution is 5.88. The van der Waals surface area contributed by atoms with Crippen LogP contribution in [0.15, 0.2) is 18.2 Å². The number of carbonyl (C=O) groups is 1. The van der Waals surface area contributed by atoms with Crippen molar-refractivity contribution in [3.63, 3.8) is 0 Å². The van der Waals surface area contributed by atoms with E-state index in [1.807, 2.05) is 0 Å². The minimum atomic E-state index is -1.12. The Morgan fingerprint density at radius 1 is 1.35 bits per heavy atom. The highest BCUT2D eigenvalue weighted by Crippen LogP contribution is 2.33. The zero-order valence-electron chi connectivity index (χ0n) is 11.2. The Labute approximate surface area is 116 Å². The van der Waals surface area contributed by atoms with Crippen LogP contribution in [-0.2, 0) is 0 Å². The predicted molar refractivity (Wildman–Crippen MR) is 72.1 cm³/mol. The zero-order chi connectivity index (χ0) is 14.7. The van der Waals surface area contributed by atoms with Crippen LogP contribution in [0.4, 0.5) is 5.69 Å². The summed E-state index contributed by atoms with van der Waals surface area (Å²) in [4.78, 5) is 21.4. The third-order valence-electron chi connectivity index (χ3n) is 3.66. The minimum Gasteiger partial charge on any atom is -0.483 e. The lowest BCUT2D eigenvalue weighted by Gasteiger charge is -2.26. The lowest BCUT2D eigenvalue weighted by atomic mass is 9.89. The summed E-state index contributed by atoms with van der Waals surface area (Å²) in [5.41, 5.74) is -0.191. The monoisotopic (exact) mass is 279 g/mol. The van der Waals surface area contributed by atoms with Gasteiger partial charge in [0.15, 0.2) is 5.75 Å². The normalized spacial score (nSPS) is 22.2. The van der Waals surface area contributed by atoms with Crippen molar-refractivity contribution in [3.8, 4) is 5.75 Å². The third kappa shape index (κ3) is 3.26. The van der Waals surface area contributed by atoms with Crippen LogP contribution in [0.1, 0.15) is 43.0 Å². The Kier molecular flexibility index (Phi) is 4.22. The smallest absolute Gasteiger partial charge is 0.335 e. The number of aromatic carboxylic acids is 1. The number of nitro groups is 1. The molecule has 0 radical (unpaired) electrons. The van der Waals surface area contributed by atoms with Crippen LogP contribution in [0, 0.1) is 16.0 Å². The summed E-state index contributed by atoms with van der Waals surface area (Å²) in [5, 5.41) is 19.9. The second kappa shape index (κ2) is 5.90. The molecule has 108 valence electrons. The molecule has 6 heteroatoms. The summed E-state index contributed by atoms with van der Waals surface area (Å²) in [6.45, 7) is 2.17. The highest BCUT2D eigenvalue weighted by Gasteiger charge is 2.24. The van der Waals surface area contributed by atoms with Crippen molar-refractivity contribution in [2.75, 3.05) is 0 Å². The Balaban J connectivity index is 2.21. The molecule has 0 unspecified atom stereocenters. The molecule has 1 N–H and O–H groups in total. The molecule has 0 saturated heterocycles. The van der Waals surface area contributed by atoms with Gasteiger partial charge in [-0.05, 0) is 37.7 Å². The zero-order valence-corrected chi connectivity index (χ0v) is 11.2. The van der Waals surface area contributed by atoms with Gasteiger partial charge in [0.2, 0.25) is 0 Å². The number of carboxylic acid groups (broad SMARTS) is 1. The first kappa shape index (κ1) is 14.3. The molecule has 20 heavy (non-hydrogen) atoms. The maximum atomic E-state index is 11.0. The van der Waals surface area contributed by atoms with E-state index in [1.54, 1.807) is 0 Å². The van der Waals surface area contributed by atoms with Gasteiger partial charge in [-0.3, -0.25) is 10.1 Å². The van der Waals surface area contributed by atoms with E-state index < -0.39 is 10.9 Å². The number of carboxylic acids is 1. The Morgan fingerprint density at radius 3 is 2.55 bits per heavy atom. The van der Waals surface area contributed by atoms with Crippen LogP contribution in [0.2, 0.25) is 0 Å². The molecular weight excluding hydrogens is 262 g/mol. The van der Waals surface area contributed by atoms with Crippen LogP contribution < -0.4 is 4.74 Å². The van der Waals surface area contributed by atoms with Crippen LogP contribution in [0.5, 0.6) is 5.75 Å². The number of ether oxygens (including phenoxy) is 1. The summed E-state index contributed by atoms with van der Waals surface area (Å²) >= 11 is 0. The first-order valence-electron chi connectivity index (χ1n) is 6.65. The number of hydrogen-bond acceptors (Lipinski definition) is 4. The molecular formula is C14H17NO5. The molecule has 1 aromatic rings. The molecule has 0 heterocycles. The molecule has 1 aliphatic rings. The lowest BCUT2D eigenvalue weighted by Crippen LogP contribution is -2.23. The van der Waals surface area contributed by atoms with E-state index in [1.165, 1.54) is 18.2 Å². The van der Waals surface area contributed by atoms with Crippen LogP contribution >= 0.6 is 0 Å². The first-order valence-corrected chi connectivity index (χ1v) is 6.65. The van der Waals surface area contributed by atoms with Gasteiger partial charge < -0.3 is 9.84 Å². The van der Waals surface area contributed by atoms with Gasteiger partial charge in [0.05, 0.1) is 16.6 Å². The standard InChI is InChI=1S/C14H17NO5/c1-9-2-5-11(6-3-9)20-13-8-10(14(16)17)4-7-12(13)15(18)19/h4,7-9,11H,2-3,5-6H2,1H3,(H,16,17). The number of nitrogens with zero attached hydrogens (tertiary/aromatic N) is 1. The molecule has 0 atom stereocenters. The molecule has 0 bridgehead atoms. The van der Waals surface area contributed by atoms with E-state index in [0.717, 1.165) is 25.7 Å². The quantitative estimate of drug-likeness (QED) is 0.675.